The van der Waals surface area contributed by atoms with Crippen LogP contribution in [0.25, 0.3) is 28.2 Å². The molecule has 164 valence electrons. The van der Waals surface area contributed by atoms with Crippen molar-refractivity contribution in [3.63, 3.8) is 0 Å². The van der Waals surface area contributed by atoms with Crippen LogP contribution in [0.15, 0.2) is 59.4 Å². The van der Waals surface area contributed by atoms with Crippen LogP contribution in [0.4, 0.5) is 10.2 Å². The summed E-state index contributed by atoms with van der Waals surface area (Å²) >= 11 is 0. The Morgan fingerprint density at radius 3 is 2.76 bits per heavy atom. The summed E-state index contributed by atoms with van der Waals surface area (Å²) in [6.45, 7) is 1.75. The van der Waals surface area contributed by atoms with Gasteiger partial charge in [-0.3, -0.25) is 4.57 Å². The van der Waals surface area contributed by atoms with Crippen molar-refractivity contribution in [1.82, 2.24) is 30.2 Å². The number of hydrogen-bond donors (Lipinski definition) is 2. The number of benzene rings is 2. The maximum Gasteiger partial charge on any atom is 0.221 e. The lowest BCUT2D eigenvalue weighted by atomic mass is 10.0. The van der Waals surface area contributed by atoms with Crippen molar-refractivity contribution in [2.45, 2.75) is 13.0 Å². The Labute approximate surface area is 187 Å². The molecule has 0 amide bonds. The Kier molecular flexibility index (Phi) is 4.51. The van der Waals surface area contributed by atoms with Crippen LogP contribution < -0.4 is 15.8 Å². The van der Waals surface area contributed by atoms with Gasteiger partial charge in [0, 0.05) is 18.3 Å². The average molecular weight is 443 g/mol. The predicted octanol–water partition coefficient (Wildman–Crippen LogP) is 3.63. The number of halogens is 1. The number of ether oxygens (including phenoxy) is 1. The zero-order valence-electron chi connectivity index (χ0n) is 17.3. The van der Waals surface area contributed by atoms with E-state index in [0.29, 0.717) is 28.7 Å². The van der Waals surface area contributed by atoms with Crippen molar-refractivity contribution in [2.75, 3.05) is 12.3 Å². The maximum absolute atomic E-state index is 13.2. The molecule has 6 rings (SSSR count). The highest BCUT2D eigenvalue weighted by molar-refractivity contribution is 5.84. The summed E-state index contributed by atoms with van der Waals surface area (Å²) in [5, 5.41) is 11.1. The van der Waals surface area contributed by atoms with E-state index in [2.05, 4.69) is 32.7 Å². The van der Waals surface area contributed by atoms with Crippen molar-refractivity contribution < 1.29 is 13.8 Å². The van der Waals surface area contributed by atoms with E-state index >= 15 is 0 Å². The molecule has 3 aromatic heterocycles. The minimum atomic E-state index is -0.339. The molecule has 0 atom stereocenters. The van der Waals surface area contributed by atoms with Gasteiger partial charge in [-0.1, -0.05) is 6.07 Å². The average Bonchev–Trinajstić information content (AvgIpc) is 3.43. The molecule has 0 saturated carbocycles. The number of nitrogens with two attached hydrogens (primary N) is 1. The summed E-state index contributed by atoms with van der Waals surface area (Å²) in [6, 6.07) is 13.8. The topological polar surface area (TPSA) is 117 Å². The molecule has 0 bridgehead atoms. The van der Waals surface area contributed by atoms with Gasteiger partial charge in [0.15, 0.2) is 17.3 Å². The molecule has 0 unspecified atom stereocenters. The van der Waals surface area contributed by atoms with E-state index in [9.17, 15) is 4.39 Å². The molecule has 0 aliphatic carbocycles. The van der Waals surface area contributed by atoms with Gasteiger partial charge in [-0.25, -0.2) is 19.0 Å². The monoisotopic (exact) mass is 443 g/mol. The molecule has 1 aliphatic rings. The van der Waals surface area contributed by atoms with Crippen molar-refractivity contribution >= 4 is 16.9 Å². The summed E-state index contributed by atoms with van der Waals surface area (Å²) in [5.74, 6) is 1.09. The fraction of sp³-hybridized carbons (Fsp3) is 0.130. The number of pyridine rings is 1. The van der Waals surface area contributed by atoms with Crippen LogP contribution >= 0.6 is 0 Å². The van der Waals surface area contributed by atoms with Crippen LogP contribution in [-0.2, 0) is 13.0 Å². The summed E-state index contributed by atoms with van der Waals surface area (Å²) in [5.41, 5.74) is 11.1. The highest BCUT2D eigenvalue weighted by atomic mass is 19.1. The third-order valence-corrected chi connectivity index (χ3v) is 5.61. The lowest BCUT2D eigenvalue weighted by Gasteiger charge is -2.19. The van der Waals surface area contributed by atoms with Crippen molar-refractivity contribution in [2.24, 2.45) is 0 Å². The van der Waals surface area contributed by atoms with Crippen LogP contribution in [0.2, 0.25) is 0 Å². The van der Waals surface area contributed by atoms with Crippen LogP contribution in [-0.4, -0.2) is 31.4 Å². The van der Waals surface area contributed by atoms with Crippen LogP contribution in [0.1, 0.15) is 11.1 Å². The largest absolute Gasteiger partial charge is 0.439 e. The number of rotatable bonds is 4. The van der Waals surface area contributed by atoms with E-state index in [1.165, 1.54) is 23.3 Å². The molecule has 0 fully saturated rings. The zero-order chi connectivity index (χ0) is 22.4. The molecule has 5 aromatic rings. The first-order chi connectivity index (χ1) is 16.2. The number of fused-ring (bicyclic) bond motifs is 2. The van der Waals surface area contributed by atoms with Crippen molar-refractivity contribution in [3.8, 4) is 28.8 Å². The lowest BCUT2D eigenvalue weighted by molar-refractivity contribution is 0.310. The number of anilines is 1. The highest BCUT2D eigenvalue weighted by Crippen LogP contribution is 2.33. The van der Waals surface area contributed by atoms with Gasteiger partial charge < -0.3 is 15.8 Å². The number of hydrogen-bond acceptors (Lipinski definition) is 8. The van der Waals surface area contributed by atoms with Crippen molar-refractivity contribution in [3.05, 3.63) is 71.7 Å². The SMILES string of the molecule is Nc1nonc1-c1nc2cnc(Oc3ccc(F)cc3)cc2n1-c1ccc2c(c1)CNCC2. The maximum atomic E-state index is 13.2. The van der Waals surface area contributed by atoms with E-state index in [1.54, 1.807) is 24.4 Å². The standard InChI is InChI=1S/C23H18FN7O2/c24-15-2-5-17(6-3-15)32-20-10-19-18(12-27-20)28-23(21-22(25)30-33-29-21)31(19)16-4-1-13-7-8-26-11-14(13)9-16/h1-6,9-10,12,26H,7-8,11H2,(H2,25,30). The molecule has 2 aromatic carbocycles. The number of aromatic nitrogens is 5. The Morgan fingerprint density at radius 1 is 1.06 bits per heavy atom. The third-order valence-electron chi connectivity index (χ3n) is 5.61. The quantitative estimate of drug-likeness (QED) is 0.433. The summed E-state index contributed by atoms with van der Waals surface area (Å²) in [4.78, 5) is 9.06. The van der Waals surface area contributed by atoms with Gasteiger partial charge in [0.25, 0.3) is 0 Å². The van der Waals surface area contributed by atoms with Gasteiger partial charge in [0.2, 0.25) is 5.88 Å². The first-order valence-corrected chi connectivity index (χ1v) is 10.4. The molecule has 1 aliphatic heterocycles. The van der Waals surface area contributed by atoms with E-state index in [4.69, 9.17) is 20.1 Å². The molecule has 33 heavy (non-hydrogen) atoms. The molecule has 3 N–H and O–H groups in total. The zero-order valence-corrected chi connectivity index (χ0v) is 17.3. The minimum absolute atomic E-state index is 0.141. The second kappa shape index (κ2) is 7.68. The van der Waals surface area contributed by atoms with Gasteiger partial charge in [-0.05, 0) is 70.8 Å². The lowest BCUT2D eigenvalue weighted by Crippen LogP contribution is -2.23. The van der Waals surface area contributed by atoms with Crippen LogP contribution in [0, 0.1) is 5.82 Å². The number of nitrogens with one attached hydrogen (secondary N) is 1. The highest BCUT2D eigenvalue weighted by Gasteiger charge is 2.22. The number of nitrogen functional groups attached to an aromatic ring is 1. The van der Waals surface area contributed by atoms with Gasteiger partial charge in [-0.15, -0.1) is 0 Å². The first kappa shape index (κ1) is 19.4. The summed E-state index contributed by atoms with van der Waals surface area (Å²) in [6.07, 6.45) is 2.59. The van der Waals surface area contributed by atoms with Gasteiger partial charge in [0.05, 0.1) is 11.7 Å². The summed E-state index contributed by atoms with van der Waals surface area (Å²) < 4.78 is 25.9. The third kappa shape index (κ3) is 3.46. The molecular weight excluding hydrogens is 425 g/mol. The normalized spacial score (nSPS) is 13.2. The fourth-order valence-corrected chi connectivity index (χ4v) is 4.02. The minimum Gasteiger partial charge on any atom is -0.439 e. The molecule has 0 radical (unpaired) electrons. The molecular formula is C23H18FN7O2. The van der Waals surface area contributed by atoms with Crippen molar-refractivity contribution in [1.29, 1.82) is 0 Å². The molecule has 4 heterocycles. The molecule has 0 saturated heterocycles. The molecule has 10 heteroatoms. The van der Waals surface area contributed by atoms with Gasteiger partial charge in [0.1, 0.15) is 17.1 Å². The molecule has 0 spiro atoms. The predicted molar refractivity (Wildman–Crippen MR) is 118 cm³/mol. The molecule has 9 nitrogen and oxygen atoms in total. The Hall–Kier alpha value is -4.31. The summed E-state index contributed by atoms with van der Waals surface area (Å²) in [7, 11) is 0. The van der Waals surface area contributed by atoms with Crippen LogP contribution in [0.3, 0.4) is 0 Å². The number of imidazole rings is 1. The Balaban J connectivity index is 1.52. The van der Waals surface area contributed by atoms with E-state index in [-0.39, 0.29) is 11.6 Å². The van der Waals surface area contributed by atoms with Crippen LogP contribution in [0.5, 0.6) is 11.6 Å². The fourth-order valence-electron chi connectivity index (χ4n) is 4.02. The Morgan fingerprint density at radius 2 is 1.94 bits per heavy atom. The van der Waals surface area contributed by atoms with Gasteiger partial charge >= 0.3 is 0 Å². The van der Waals surface area contributed by atoms with E-state index < -0.39 is 0 Å². The smallest absolute Gasteiger partial charge is 0.221 e. The first-order valence-electron chi connectivity index (χ1n) is 10.4. The second-order valence-corrected chi connectivity index (χ2v) is 7.72. The van der Waals surface area contributed by atoms with E-state index in [1.807, 2.05) is 10.6 Å². The Bertz CT molecular complexity index is 1480. The number of nitrogens with zero attached hydrogens (tertiary/aromatic N) is 5. The van der Waals surface area contributed by atoms with Gasteiger partial charge in [-0.2, -0.15) is 0 Å². The second-order valence-electron chi connectivity index (χ2n) is 7.72. The van der Waals surface area contributed by atoms with E-state index in [0.717, 1.165) is 30.7 Å².